The number of benzene rings is 1. The molecule has 0 saturated carbocycles. The lowest BCUT2D eigenvalue weighted by Gasteiger charge is -2.13. The smallest absolute Gasteiger partial charge is 0.119 e. The highest BCUT2D eigenvalue weighted by atomic mass is 79.9. The van der Waals surface area contributed by atoms with Gasteiger partial charge in [-0.1, -0.05) is 29.8 Å². The molecule has 19 heavy (non-hydrogen) atoms. The summed E-state index contributed by atoms with van der Waals surface area (Å²) in [7, 11) is 4.16. The first-order chi connectivity index (χ1) is 8.99. The van der Waals surface area contributed by atoms with E-state index in [4.69, 9.17) is 4.74 Å². The standard InChI is InChI=1S/C15H25BrN2O/c1-12(2)17-11-13-10-14(6-7-15(13)16)19-9-5-8-18(3)4/h6-7,10,12,17H,5,8-9,11H2,1-4H3. The molecular formula is C15H25BrN2O. The van der Waals surface area contributed by atoms with Gasteiger partial charge in [-0.3, -0.25) is 0 Å². The molecule has 0 spiro atoms. The summed E-state index contributed by atoms with van der Waals surface area (Å²) >= 11 is 3.58. The Morgan fingerprint density at radius 3 is 2.68 bits per heavy atom. The number of hydrogen-bond donors (Lipinski definition) is 1. The van der Waals surface area contributed by atoms with Crippen LogP contribution in [0.2, 0.25) is 0 Å². The Bertz CT molecular complexity index is 380. The van der Waals surface area contributed by atoms with Crippen LogP contribution in [-0.2, 0) is 6.54 Å². The maximum Gasteiger partial charge on any atom is 0.119 e. The second kappa shape index (κ2) is 8.56. The van der Waals surface area contributed by atoms with Gasteiger partial charge < -0.3 is 15.0 Å². The Balaban J connectivity index is 2.48. The number of rotatable bonds is 8. The third-order valence-electron chi connectivity index (χ3n) is 2.74. The first kappa shape index (κ1) is 16.5. The highest BCUT2D eigenvalue weighted by Crippen LogP contribution is 2.22. The summed E-state index contributed by atoms with van der Waals surface area (Å²) in [6, 6.07) is 6.66. The lowest BCUT2D eigenvalue weighted by molar-refractivity contribution is 0.281. The molecule has 0 fully saturated rings. The molecule has 4 heteroatoms. The Morgan fingerprint density at radius 1 is 1.32 bits per heavy atom. The Kier molecular flexibility index (Phi) is 7.42. The molecule has 1 aromatic rings. The van der Waals surface area contributed by atoms with Gasteiger partial charge in [-0.25, -0.2) is 0 Å². The number of hydrogen-bond acceptors (Lipinski definition) is 3. The highest BCUT2D eigenvalue weighted by molar-refractivity contribution is 9.10. The van der Waals surface area contributed by atoms with Crippen molar-refractivity contribution in [3.8, 4) is 5.75 Å². The first-order valence-corrected chi connectivity index (χ1v) is 7.57. The fraction of sp³-hybridized carbons (Fsp3) is 0.600. The van der Waals surface area contributed by atoms with E-state index in [1.165, 1.54) is 5.56 Å². The zero-order chi connectivity index (χ0) is 14.3. The van der Waals surface area contributed by atoms with Crippen LogP contribution < -0.4 is 10.1 Å². The minimum Gasteiger partial charge on any atom is -0.494 e. The maximum atomic E-state index is 5.78. The average Bonchev–Trinajstić information content (AvgIpc) is 2.34. The molecule has 0 atom stereocenters. The van der Waals surface area contributed by atoms with Gasteiger partial charge in [0.25, 0.3) is 0 Å². The van der Waals surface area contributed by atoms with E-state index in [1.807, 2.05) is 6.07 Å². The van der Waals surface area contributed by atoms with Crippen molar-refractivity contribution in [2.24, 2.45) is 0 Å². The van der Waals surface area contributed by atoms with E-state index in [1.54, 1.807) is 0 Å². The van der Waals surface area contributed by atoms with Crippen LogP contribution in [0.15, 0.2) is 22.7 Å². The zero-order valence-corrected chi connectivity index (χ0v) is 14.0. The van der Waals surface area contributed by atoms with E-state index < -0.39 is 0 Å². The summed E-state index contributed by atoms with van der Waals surface area (Å²) < 4.78 is 6.91. The molecule has 0 amide bonds. The topological polar surface area (TPSA) is 24.5 Å². The van der Waals surface area contributed by atoms with Gasteiger partial charge in [-0.2, -0.15) is 0 Å². The summed E-state index contributed by atoms with van der Waals surface area (Å²) in [5, 5.41) is 3.42. The second-order valence-corrected chi connectivity index (χ2v) is 6.15. The van der Waals surface area contributed by atoms with E-state index in [-0.39, 0.29) is 0 Å². The molecule has 0 bridgehead atoms. The third-order valence-corrected chi connectivity index (χ3v) is 3.51. The predicted molar refractivity (Wildman–Crippen MR) is 84.8 cm³/mol. The molecule has 0 unspecified atom stereocenters. The number of nitrogens with one attached hydrogen (secondary N) is 1. The van der Waals surface area contributed by atoms with E-state index in [0.717, 1.165) is 36.3 Å². The van der Waals surface area contributed by atoms with Crippen LogP contribution in [0.1, 0.15) is 25.8 Å². The minimum absolute atomic E-state index is 0.483. The van der Waals surface area contributed by atoms with Crippen molar-refractivity contribution in [3.05, 3.63) is 28.2 Å². The first-order valence-electron chi connectivity index (χ1n) is 6.78. The summed E-state index contributed by atoms with van der Waals surface area (Å²) in [6.45, 7) is 6.97. The van der Waals surface area contributed by atoms with Crippen LogP contribution in [0.5, 0.6) is 5.75 Å². The SMILES string of the molecule is CC(C)NCc1cc(OCCCN(C)C)ccc1Br. The van der Waals surface area contributed by atoms with Crippen molar-refractivity contribution in [1.82, 2.24) is 10.2 Å². The van der Waals surface area contributed by atoms with Crippen molar-refractivity contribution < 1.29 is 4.74 Å². The molecule has 0 aromatic heterocycles. The molecule has 1 rings (SSSR count). The molecule has 0 aliphatic rings. The van der Waals surface area contributed by atoms with E-state index >= 15 is 0 Å². The maximum absolute atomic E-state index is 5.78. The fourth-order valence-electron chi connectivity index (χ4n) is 1.66. The summed E-state index contributed by atoms with van der Waals surface area (Å²) in [5.74, 6) is 0.947. The number of ether oxygens (including phenoxy) is 1. The molecular weight excluding hydrogens is 304 g/mol. The van der Waals surface area contributed by atoms with Gasteiger partial charge in [-0.15, -0.1) is 0 Å². The Labute approximate surface area is 125 Å². The van der Waals surface area contributed by atoms with Crippen LogP contribution in [0, 0.1) is 0 Å². The van der Waals surface area contributed by atoms with Gasteiger partial charge >= 0.3 is 0 Å². The second-order valence-electron chi connectivity index (χ2n) is 5.29. The van der Waals surface area contributed by atoms with Crippen molar-refractivity contribution in [2.75, 3.05) is 27.2 Å². The van der Waals surface area contributed by atoms with Crippen LogP contribution in [0.3, 0.4) is 0 Å². The number of halogens is 1. The molecule has 0 saturated heterocycles. The van der Waals surface area contributed by atoms with Crippen LogP contribution in [0.25, 0.3) is 0 Å². The van der Waals surface area contributed by atoms with Crippen LogP contribution in [-0.4, -0.2) is 38.2 Å². The molecule has 0 aliphatic carbocycles. The molecule has 1 aromatic carbocycles. The average molecular weight is 329 g/mol. The van der Waals surface area contributed by atoms with Gasteiger partial charge in [0, 0.05) is 23.6 Å². The molecule has 3 nitrogen and oxygen atoms in total. The monoisotopic (exact) mass is 328 g/mol. The summed E-state index contributed by atoms with van der Waals surface area (Å²) in [6.07, 6.45) is 1.04. The van der Waals surface area contributed by atoms with Crippen molar-refractivity contribution in [3.63, 3.8) is 0 Å². The highest BCUT2D eigenvalue weighted by Gasteiger charge is 2.03. The molecule has 0 heterocycles. The molecule has 108 valence electrons. The lowest BCUT2D eigenvalue weighted by atomic mass is 10.2. The zero-order valence-electron chi connectivity index (χ0n) is 12.4. The van der Waals surface area contributed by atoms with Crippen molar-refractivity contribution in [2.45, 2.75) is 32.9 Å². The normalized spacial score (nSPS) is 11.3. The molecule has 1 N–H and O–H groups in total. The minimum atomic E-state index is 0.483. The summed E-state index contributed by atoms with van der Waals surface area (Å²) in [4.78, 5) is 2.17. The Hall–Kier alpha value is -0.580. The van der Waals surface area contributed by atoms with Gasteiger partial charge in [0.1, 0.15) is 5.75 Å². The largest absolute Gasteiger partial charge is 0.494 e. The number of nitrogens with zero attached hydrogens (tertiary/aromatic N) is 1. The van der Waals surface area contributed by atoms with Gasteiger partial charge in [0.15, 0.2) is 0 Å². The van der Waals surface area contributed by atoms with E-state index in [0.29, 0.717) is 6.04 Å². The quantitative estimate of drug-likeness (QED) is 0.741. The molecule has 0 aliphatic heterocycles. The van der Waals surface area contributed by atoms with Gasteiger partial charge in [0.2, 0.25) is 0 Å². The third kappa shape index (κ3) is 6.95. The van der Waals surface area contributed by atoms with Crippen LogP contribution in [0.4, 0.5) is 0 Å². The van der Waals surface area contributed by atoms with Crippen molar-refractivity contribution in [1.29, 1.82) is 0 Å². The lowest BCUT2D eigenvalue weighted by Crippen LogP contribution is -2.22. The summed E-state index contributed by atoms with van der Waals surface area (Å²) in [5.41, 5.74) is 1.24. The van der Waals surface area contributed by atoms with E-state index in [2.05, 4.69) is 66.2 Å². The van der Waals surface area contributed by atoms with Crippen LogP contribution >= 0.6 is 15.9 Å². The van der Waals surface area contributed by atoms with Crippen molar-refractivity contribution >= 4 is 15.9 Å². The fourth-order valence-corrected chi connectivity index (χ4v) is 2.05. The van der Waals surface area contributed by atoms with Gasteiger partial charge in [-0.05, 0) is 44.3 Å². The van der Waals surface area contributed by atoms with Gasteiger partial charge in [0.05, 0.1) is 6.61 Å². The predicted octanol–water partition coefficient (Wildman–Crippen LogP) is 3.28. The molecule has 0 radical (unpaired) electrons. The Morgan fingerprint density at radius 2 is 2.05 bits per heavy atom. The van der Waals surface area contributed by atoms with E-state index in [9.17, 15) is 0 Å².